The van der Waals surface area contributed by atoms with Gasteiger partial charge in [0.2, 0.25) is 0 Å². The molecule has 0 aromatic carbocycles. The Bertz CT molecular complexity index is 563. The summed E-state index contributed by atoms with van der Waals surface area (Å²) in [4.78, 5) is 4.79. The molecule has 0 unspecified atom stereocenters. The van der Waals surface area contributed by atoms with Crippen molar-refractivity contribution >= 4 is 17.7 Å². The smallest absolute Gasteiger partial charge is 0.0726 e. The van der Waals surface area contributed by atoms with Crippen molar-refractivity contribution in [2.75, 3.05) is 7.05 Å². The van der Waals surface area contributed by atoms with Gasteiger partial charge in [-0.15, -0.1) is 0 Å². The Labute approximate surface area is 129 Å². The zero-order chi connectivity index (χ0) is 15.7. The molecule has 112 valence electrons. The average Bonchev–Trinajstić information content (AvgIpc) is 2.51. The number of aromatic nitrogens is 1. The van der Waals surface area contributed by atoms with E-state index in [2.05, 4.69) is 62.2 Å². The summed E-state index contributed by atoms with van der Waals surface area (Å²) in [7, 11) is 1.91. The Morgan fingerprint density at radius 1 is 1.33 bits per heavy atom. The second-order valence-electron chi connectivity index (χ2n) is 4.85. The van der Waals surface area contributed by atoms with Gasteiger partial charge in [-0.2, -0.15) is 0 Å². The molecule has 1 aromatic rings. The third kappa shape index (κ3) is 5.07. The number of allylic oxidation sites excluding steroid dienone is 5. The van der Waals surface area contributed by atoms with Crippen LogP contribution in [0.15, 0.2) is 42.6 Å². The lowest BCUT2D eigenvalue weighted by atomic mass is 10.0. The van der Waals surface area contributed by atoms with Crippen molar-refractivity contribution < 1.29 is 0 Å². The molecule has 1 rings (SSSR count). The van der Waals surface area contributed by atoms with Gasteiger partial charge in [-0.3, -0.25) is 0 Å². The lowest BCUT2D eigenvalue weighted by Gasteiger charge is -2.09. The van der Waals surface area contributed by atoms with Crippen LogP contribution in [0.5, 0.6) is 0 Å². The molecule has 1 aromatic heterocycles. The summed E-state index contributed by atoms with van der Waals surface area (Å²) < 4.78 is 0. The van der Waals surface area contributed by atoms with Gasteiger partial charge in [0, 0.05) is 12.7 Å². The highest BCUT2D eigenvalue weighted by Gasteiger charge is 2.05. The van der Waals surface area contributed by atoms with Gasteiger partial charge >= 0.3 is 0 Å². The summed E-state index contributed by atoms with van der Waals surface area (Å²) in [5, 5.41) is 3.13. The average molecular weight is 282 g/mol. The Morgan fingerprint density at radius 2 is 2.10 bits per heavy atom. The molecule has 0 aliphatic rings. The van der Waals surface area contributed by atoms with Crippen molar-refractivity contribution in [1.29, 1.82) is 0 Å². The van der Waals surface area contributed by atoms with E-state index >= 15 is 0 Å². The van der Waals surface area contributed by atoms with Gasteiger partial charge in [0.1, 0.15) is 0 Å². The highest BCUT2D eigenvalue weighted by atomic mass is 14.8. The summed E-state index contributed by atoms with van der Waals surface area (Å²) in [5.74, 6) is 0. The van der Waals surface area contributed by atoms with Crippen LogP contribution in [0.1, 0.15) is 50.6 Å². The fourth-order valence-corrected chi connectivity index (χ4v) is 1.98. The van der Waals surface area contributed by atoms with E-state index in [4.69, 9.17) is 4.98 Å². The maximum Gasteiger partial charge on any atom is 0.0726 e. The van der Waals surface area contributed by atoms with E-state index in [-0.39, 0.29) is 0 Å². The Morgan fingerprint density at radius 3 is 2.67 bits per heavy atom. The molecule has 1 N–H and O–H groups in total. The van der Waals surface area contributed by atoms with Crippen molar-refractivity contribution in [2.45, 2.75) is 33.6 Å². The van der Waals surface area contributed by atoms with Crippen molar-refractivity contribution in [3.8, 4) is 0 Å². The second kappa shape index (κ2) is 8.96. The summed E-state index contributed by atoms with van der Waals surface area (Å²) in [6, 6.07) is 4.15. The molecule has 0 aliphatic carbocycles. The predicted octanol–water partition coefficient (Wildman–Crippen LogP) is 5.06. The SMILES string of the molecule is C=Cc1ccc(/C(=C/C)C/C=C/CC)nc1/C=C(\C)NC. The van der Waals surface area contributed by atoms with Crippen LogP contribution in [0.3, 0.4) is 0 Å². The van der Waals surface area contributed by atoms with Crippen LogP contribution in [0.4, 0.5) is 0 Å². The maximum atomic E-state index is 4.79. The fourth-order valence-electron chi connectivity index (χ4n) is 1.98. The summed E-state index contributed by atoms with van der Waals surface area (Å²) >= 11 is 0. The van der Waals surface area contributed by atoms with Gasteiger partial charge in [-0.1, -0.05) is 43.9 Å². The van der Waals surface area contributed by atoms with Gasteiger partial charge in [0.25, 0.3) is 0 Å². The number of rotatable bonds is 7. The van der Waals surface area contributed by atoms with Gasteiger partial charge in [0.15, 0.2) is 0 Å². The van der Waals surface area contributed by atoms with E-state index in [1.165, 1.54) is 5.57 Å². The lowest BCUT2D eigenvalue weighted by molar-refractivity contribution is 0.999. The third-order valence-corrected chi connectivity index (χ3v) is 3.34. The van der Waals surface area contributed by atoms with Crippen LogP contribution in [0.2, 0.25) is 0 Å². The predicted molar refractivity (Wildman–Crippen MR) is 94.7 cm³/mol. The molecule has 0 aliphatic heterocycles. The molecule has 0 spiro atoms. The second-order valence-corrected chi connectivity index (χ2v) is 4.85. The lowest BCUT2D eigenvalue weighted by Crippen LogP contribution is -2.02. The number of hydrogen-bond acceptors (Lipinski definition) is 2. The van der Waals surface area contributed by atoms with Crippen molar-refractivity contribution in [1.82, 2.24) is 10.3 Å². The minimum atomic E-state index is 0.916. The van der Waals surface area contributed by atoms with E-state index in [1.54, 1.807) is 0 Å². The van der Waals surface area contributed by atoms with Crippen LogP contribution >= 0.6 is 0 Å². The first kappa shape index (κ1) is 17.0. The number of nitrogens with zero attached hydrogens (tertiary/aromatic N) is 1. The highest BCUT2D eigenvalue weighted by Crippen LogP contribution is 2.21. The summed E-state index contributed by atoms with van der Waals surface area (Å²) in [5.41, 5.74) is 5.35. The molecule has 0 atom stereocenters. The normalized spacial score (nSPS) is 12.8. The van der Waals surface area contributed by atoms with Gasteiger partial charge in [-0.25, -0.2) is 4.98 Å². The topological polar surface area (TPSA) is 24.9 Å². The van der Waals surface area contributed by atoms with Crippen LogP contribution in [-0.2, 0) is 0 Å². The van der Waals surface area contributed by atoms with Crippen molar-refractivity contribution in [3.63, 3.8) is 0 Å². The molecule has 0 bridgehead atoms. The molecule has 1 heterocycles. The molecular weight excluding hydrogens is 256 g/mol. The number of nitrogens with one attached hydrogen (secondary N) is 1. The fraction of sp³-hybridized carbons (Fsp3) is 0.316. The monoisotopic (exact) mass is 282 g/mol. The molecule has 0 radical (unpaired) electrons. The van der Waals surface area contributed by atoms with E-state index in [0.29, 0.717) is 0 Å². The van der Waals surface area contributed by atoms with E-state index in [1.807, 2.05) is 20.0 Å². The van der Waals surface area contributed by atoms with Crippen LogP contribution in [0, 0.1) is 0 Å². The Hall–Kier alpha value is -2.09. The number of pyridine rings is 1. The van der Waals surface area contributed by atoms with Crippen LogP contribution in [-0.4, -0.2) is 12.0 Å². The largest absolute Gasteiger partial charge is 0.392 e. The Kier molecular flexibility index (Phi) is 7.24. The minimum absolute atomic E-state index is 0.916. The van der Waals surface area contributed by atoms with Crippen LogP contribution < -0.4 is 5.32 Å². The van der Waals surface area contributed by atoms with Gasteiger partial charge < -0.3 is 5.32 Å². The minimum Gasteiger partial charge on any atom is -0.392 e. The maximum absolute atomic E-state index is 4.79. The van der Waals surface area contributed by atoms with E-state index in [0.717, 1.165) is 35.5 Å². The first-order chi connectivity index (χ1) is 10.2. The first-order valence-electron chi connectivity index (χ1n) is 7.46. The molecular formula is C19H26N2. The zero-order valence-corrected chi connectivity index (χ0v) is 13.6. The quantitative estimate of drug-likeness (QED) is 0.707. The van der Waals surface area contributed by atoms with Gasteiger partial charge in [0.05, 0.1) is 11.4 Å². The molecule has 0 fully saturated rings. The van der Waals surface area contributed by atoms with E-state index < -0.39 is 0 Å². The summed E-state index contributed by atoms with van der Waals surface area (Å²) in [6.07, 6.45) is 12.4. The molecule has 0 saturated heterocycles. The van der Waals surface area contributed by atoms with Crippen molar-refractivity contribution in [3.05, 3.63) is 59.6 Å². The first-order valence-corrected chi connectivity index (χ1v) is 7.46. The number of hydrogen-bond donors (Lipinski definition) is 1. The zero-order valence-electron chi connectivity index (χ0n) is 13.6. The highest BCUT2D eigenvalue weighted by molar-refractivity contribution is 5.69. The Balaban J connectivity index is 3.17. The molecule has 0 saturated carbocycles. The molecule has 0 amide bonds. The van der Waals surface area contributed by atoms with E-state index in [9.17, 15) is 0 Å². The molecule has 21 heavy (non-hydrogen) atoms. The van der Waals surface area contributed by atoms with Gasteiger partial charge in [-0.05, 0) is 50.0 Å². The summed E-state index contributed by atoms with van der Waals surface area (Å²) in [6.45, 7) is 10.1. The standard InChI is InChI=1S/C19H26N2/c1-6-9-10-11-16(7-2)18-13-12-17(8-3)19(21-18)14-15(4)20-5/h7-10,12-14,20H,3,6,11H2,1-2,4-5H3/b10-9+,15-14+,16-7+. The molecule has 2 heteroatoms. The van der Waals surface area contributed by atoms with Crippen molar-refractivity contribution in [2.24, 2.45) is 0 Å². The van der Waals surface area contributed by atoms with Crippen LogP contribution in [0.25, 0.3) is 17.7 Å². The molecule has 2 nitrogen and oxygen atoms in total. The third-order valence-electron chi connectivity index (χ3n) is 3.34.